The van der Waals surface area contributed by atoms with E-state index in [4.69, 9.17) is 0 Å². The monoisotopic (exact) mass is 344 g/mol. The minimum absolute atomic E-state index is 0.900. The van der Waals surface area contributed by atoms with E-state index in [-0.39, 0.29) is 0 Å². The van der Waals surface area contributed by atoms with Gasteiger partial charge >= 0.3 is 0 Å². The van der Waals surface area contributed by atoms with Crippen molar-refractivity contribution >= 4 is 0 Å². The SMILES string of the molecule is C/C=C/CC[C@H]1CC[C@H](CCCCC2CCCC(/C=C\CC)C2)CC1. The van der Waals surface area contributed by atoms with Crippen LogP contribution in [0.3, 0.4) is 0 Å². The zero-order valence-electron chi connectivity index (χ0n) is 17.2. The van der Waals surface area contributed by atoms with Crippen molar-refractivity contribution in [1.82, 2.24) is 0 Å². The third-order valence-corrected chi connectivity index (χ3v) is 6.89. The Bertz CT molecular complexity index is 369. The molecule has 2 fully saturated rings. The molecule has 0 radical (unpaired) electrons. The van der Waals surface area contributed by atoms with Crippen molar-refractivity contribution in [1.29, 1.82) is 0 Å². The molecule has 0 heterocycles. The van der Waals surface area contributed by atoms with Crippen LogP contribution in [0.15, 0.2) is 24.3 Å². The summed E-state index contributed by atoms with van der Waals surface area (Å²) >= 11 is 0. The van der Waals surface area contributed by atoms with Crippen LogP contribution < -0.4 is 0 Å². The van der Waals surface area contributed by atoms with Gasteiger partial charge < -0.3 is 0 Å². The number of unbranched alkanes of at least 4 members (excludes halogenated alkanes) is 1. The highest BCUT2D eigenvalue weighted by Crippen LogP contribution is 2.36. The molecule has 0 N–H and O–H groups in total. The molecule has 2 saturated carbocycles. The molecule has 0 heteroatoms. The lowest BCUT2D eigenvalue weighted by atomic mass is 9.77. The summed E-state index contributed by atoms with van der Waals surface area (Å²) in [6.07, 6.45) is 31.4. The van der Waals surface area contributed by atoms with Crippen molar-refractivity contribution < 1.29 is 0 Å². The molecule has 144 valence electrons. The van der Waals surface area contributed by atoms with Gasteiger partial charge in [-0.15, -0.1) is 0 Å². The first kappa shape index (κ1) is 20.8. The van der Waals surface area contributed by atoms with Crippen LogP contribution in [-0.2, 0) is 0 Å². The fourth-order valence-electron chi connectivity index (χ4n) is 5.27. The average molecular weight is 345 g/mol. The Morgan fingerprint density at radius 2 is 1.44 bits per heavy atom. The van der Waals surface area contributed by atoms with Crippen molar-refractivity contribution in [2.24, 2.45) is 23.7 Å². The first-order valence-corrected chi connectivity index (χ1v) is 11.6. The number of allylic oxidation sites excluding steroid dienone is 4. The van der Waals surface area contributed by atoms with E-state index in [0.29, 0.717) is 0 Å². The van der Waals surface area contributed by atoms with Gasteiger partial charge in [-0.2, -0.15) is 0 Å². The van der Waals surface area contributed by atoms with Gasteiger partial charge in [0.05, 0.1) is 0 Å². The van der Waals surface area contributed by atoms with Gasteiger partial charge in [0, 0.05) is 0 Å². The van der Waals surface area contributed by atoms with Gasteiger partial charge in [-0.1, -0.05) is 95.4 Å². The van der Waals surface area contributed by atoms with Gasteiger partial charge in [0.2, 0.25) is 0 Å². The van der Waals surface area contributed by atoms with E-state index in [1.54, 1.807) is 0 Å². The largest absolute Gasteiger partial charge is 0.0917 e. The molecule has 0 aromatic heterocycles. The van der Waals surface area contributed by atoms with E-state index in [1.807, 2.05) is 0 Å². The Kier molecular flexibility index (Phi) is 10.6. The molecule has 0 spiro atoms. The smallest absolute Gasteiger partial charge is 0.0231 e. The topological polar surface area (TPSA) is 0 Å². The molecule has 0 aromatic rings. The van der Waals surface area contributed by atoms with E-state index in [2.05, 4.69) is 38.2 Å². The van der Waals surface area contributed by atoms with Gasteiger partial charge in [-0.05, 0) is 62.7 Å². The summed E-state index contributed by atoms with van der Waals surface area (Å²) in [5.74, 6) is 4.02. The number of hydrogen-bond donors (Lipinski definition) is 0. The fourth-order valence-corrected chi connectivity index (χ4v) is 5.27. The summed E-state index contributed by atoms with van der Waals surface area (Å²) in [6.45, 7) is 4.40. The lowest BCUT2D eigenvalue weighted by molar-refractivity contribution is 0.242. The standard InChI is InChI=1S/C25H44/c1-3-5-7-12-22-17-19-23(20-18-22)13-8-9-14-25-16-10-15-24(21-25)11-6-4-2/h3,5-6,11,22-25H,4,7-10,12-21H2,1-2H3/b5-3+,11-6-/t22-,23-,24?,25?. The maximum atomic E-state index is 2.51. The first-order valence-electron chi connectivity index (χ1n) is 11.6. The Labute approximate surface area is 158 Å². The maximum absolute atomic E-state index is 2.51. The maximum Gasteiger partial charge on any atom is -0.0231 e. The molecule has 0 aromatic carbocycles. The zero-order chi connectivity index (χ0) is 17.7. The molecule has 0 nitrogen and oxygen atoms in total. The summed E-state index contributed by atoms with van der Waals surface area (Å²) in [5.41, 5.74) is 0. The molecular weight excluding hydrogens is 300 g/mol. The van der Waals surface area contributed by atoms with E-state index < -0.39 is 0 Å². The van der Waals surface area contributed by atoms with Gasteiger partial charge in [0.25, 0.3) is 0 Å². The Balaban J connectivity index is 1.51. The molecule has 2 aliphatic rings. The minimum atomic E-state index is 0.900. The Morgan fingerprint density at radius 3 is 2.12 bits per heavy atom. The van der Waals surface area contributed by atoms with Crippen LogP contribution in [-0.4, -0.2) is 0 Å². The third-order valence-electron chi connectivity index (χ3n) is 6.89. The first-order chi connectivity index (χ1) is 12.3. The van der Waals surface area contributed by atoms with Crippen LogP contribution in [0.2, 0.25) is 0 Å². The lowest BCUT2D eigenvalue weighted by Gasteiger charge is -2.29. The second-order valence-corrected chi connectivity index (χ2v) is 8.95. The fraction of sp³-hybridized carbons (Fsp3) is 0.840. The van der Waals surface area contributed by atoms with E-state index in [1.165, 1.54) is 96.3 Å². The van der Waals surface area contributed by atoms with Crippen LogP contribution in [0.25, 0.3) is 0 Å². The minimum Gasteiger partial charge on any atom is -0.0917 e. The summed E-state index contributed by atoms with van der Waals surface area (Å²) in [7, 11) is 0. The summed E-state index contributed by atoms with van der Waals surface area (Å²) in [6, 6.07) is 0. The van der Waals surface area contributed by atoms with Gasteiger partial charge in [0.1, 0.15) is 0 Å². The van der Waals surface area contributed by atoms with Crippen LogP contribution in [0.4, 0.5) is 0 Å². The normalized spacial score (nSPS) is 31.1. The van der Waals surface area contributed by atoms with Crippen LogP contribution in [0.5, 0.6) is 0 Å². The highest BCUT2D eigenvalue weighted by Gasteiger charge is 2.22. The highest BCUT2D eigenvalue weighted by molar-refractivity contribution is 4.90. The predicted molar refractivity (Wildman–Crippen MR) is 113 cm³/mol. The number of hydrogen-bond acceptors (Lipinski definition) is 0. The number of rotatable bonds is 10. The molecule has 0 amide bonds. The van der Waals surface area contributed by atoms with E-state index >= 15 is 0 Å². The molecule has 0 bridgehead atoms. The third kappa shape index (κ3) is 8.61. The molecule has 2 atom stereocenters. The predicted octanol–water partition coefficient (Wildman–Crippen LogP) is 8.48. The summed E-state index contributed by atoms with van der Waals surface area (Å²) in [4.78, 5) is 0. The molecular formula is C25H44. The summed E-state index contributed by atoms with van der Waals surface area (Å²) in [5, 5.41) is 0. The molecule has 25 heavy (non-hydrogen) atoms. The van der Waals surface area contributed by atoms with Crippen molar-refractivity contribution in [2.45, 2.75) is 110 Å². The van der Waals surface area contributed by atoms with Crippen LogP contribution in [0, 0.1) is 23.7 Å². The van der Waals surface area contributed by atoms with Gasteiger partial charge in [0.15, 0.2) is 0 Å². The van der Waals surface area contributed by atoms with Crippen molar-refractivity contribution in [2.75, 3.05) is 0 Å². The van der Waals surface area contributed by atoms with E-state index in [9.17, 15) is 0 Å². The second kappa shape index (κ2) is 12.8. The highest BCUT2D eigenvalue weighted by atomic mass is 14.3. The van der Waals surface area contributed by atoms with Crippen LogP contribution >= 0.6 is 0 Å². The van der Waals surface area contributed by atoms with Crippen molar-refractivity contribution in [3.8, 4) is 0 Å². The van der Waals surface area contributed by atoms with Crippen molar-refractivity contribution in [3.05, 3.63) is 24.3 Å². The molecule has 2 unspecified atom stereocenters. The second-order valence-electron chi connectivity index (χ2n) is 8.95. The average Bonchev–Trinajstić information content (AvgIpc) is 2.65. The molecule has 0 saturated heterocycles. The van der Waals surface area contributed by atoms with Crippen molar-refractivity contribution in [3.63, 3.8) is 0 Å². The molecule has 0 aliphatic heterocycles. The molecule has 2 aliphatic carbocycles. The molecule has 2 rings (SSSR count). The van der Waals surface area contributed by atoms with E-state index in [0.717, 1.165) is 23.7 Å². The van der Waals surface area contributed by atoms with Crippen LogP contribution in [0.1, 0.15) is 110 Å². The van der Waals surface area contributed by atoms with Gasteiger partial charge in [-0.3, -0.25) is 0 Å². The zero-order valence-corrected chi connectivity index (χ0v) is 17.2. The Morgan fingerprint density at radius 1 is 0.760 bits per heavy atom. The lowest BCUT2D eigenvalue weighted by Crippen LogP contribution is -2.15. The quantitative estimate of drug-likeness (QED) is 0.275. The summed E-state index contributed by atoms with van der Waals surface area (Å²) < 4.78 is 0. The van der Waals surface area contributed by atoms with Gasteiger partial charge in [-0.25, -0.2) is 0 Å². The Hall–Kier alpha value is -0.520.